The number of nitrogens with zero attached hydrogens (tertiary/aromatic N) is 5. The molecule has 0 radical (unpaired) electrons. The molecule has 3 heterocycles. The van der Waals surface area contributed by atoms with Crippen molar-refractivity contribution in [2.45, 2.75) is 32.7 Å². The molecular formula is C27H31N7O7. The fourth-order valence-electron chi connectivity index (χ4n) is 4.37. The van der Waals surface area contributed by atoms with E-state index in [2.05, 4.69) is 20.4 Å². The zero-order valence-electron chi connectivity index (χ0n) is 22.7. The number of amides is 3. The van der Waals surface area contributed by atoms with Gasteiger partial charge in [-0.1, -0.05) is 30.3 Å². The van der Waals surface area contributed by atoms with Crippen molar-refractivity contribution in [3.8, 4) is 17.2 Å². The number of rotatable bonds is 9. The number of benzene rings is 1. The molecule has 0 unspecified atom stereocenters. The topological polar surface area (TPSA) is 180 Å². The molecular weight excluding hydrogens is 534 g/mol. The van der Waals surface area contributed by atoms with Gasteiger partial charge in [0.05, 0.1) is 6.61 Å². The highest BCUT2D eigenvalue weighted by atomic mass is 16.6. The van der Waals surface area contributed by atoms with Gasteiger partial charge in [-0.15, -0.1) is 0 Å². The van der Waals surface area contributed by atoms with Gasteiger partial charge >= 0.3 is 12.1 Å². The SMILES string of the molecule is CCOC(=O)N1CCN(C(=O)[C@H](CCC(=O)O)NC(=O)c2cc(-n3[nH]c(C)cc3=O)nc(-c3ccccc3)n2)CC1. The highest BCUT2D eigenvalue weighted by Crippen LogP contribution is 2.18. The van der Waals surface area contributed by atoms with Crippen LogP contribution in [0.15, 0.2) is 47.3 Å². The van der Waals surface area contributed by atoms with E-state index in [0.717, 1.165) is 0 Å². The van der Waals surface area contributed by atoms with Crippen LogP contribution in [-0.2, 0) is 14.3 Å². The van der Waals surface area contributed by atoms with Crippen molar-refractivity contribution in [1.29, 1.82) is 0 Å². The Kier molecular flexibility index (Phi) is 9.12. The fourth-order valence-corrected chi connectivity index (χ4v) is 4.37. The van der Waals surface area contributed by atoms with E-state index in [1.54, 1.807) is 38.1 Å². The predicted octanol–water partition coefficient (Wildman–Crippen LogP) is 1.19. The van der Waals surface area contributed by atoms with Gasteiger partial charge in [0.2, 0.25) is 5.91 Å². The number of aromatic amines is 1. The van der Waals surface area contributed by atoms with Crippen LogP contribution >= 0.6 is 0 Å². The van der Waals surface area contributed by atoms with Gasteiger partial charge in [0.25, 0.3) is 11.5 Å². The van der Waals surface area contributed by atoms with Gasteiger partial charge in [0.1, 0.15) is 11.7 Å². The van der Waals surface area contributed by atoms with Crippen molar-refractivity contribution in [2.75, 3.05) is 32.8 Å². The number of nitrogens with one attached hydrogen (secondary N) is 2. The molecule has 0 aliphatic carbocycles. The van der Waals surface area contributed by atoms with E-state index in [9.17, 15) is 29.1 Å². The quantitative estimate of drug-likeness (QED) is 0.343. The Morgan fingerprint density at radius 3 is 2.34 bits per heavy atom. The lowest BCUT2D eigenvalue weighted by molar-refractivity contribution is -0.138. The maximum atomic E-state index is 13.5. The highest BCUT2D eigenvalue weighted by Gasteiger charge is 2.31. The summed E-state index contributed by atoms with van der Waals surface area (Å²) in [5.41, 5.74) is 0.678. The van der Waals surface area contributed by atoms with E-state index in [-0.39, 0.29) is 68.5 Å². The molecule has 1 aromatic carbocycles. The number of carboxylic acids is 1. The molecule has 0 spiro atoms. The summed E-state index contributed by atoms with van der Waals surface area (Å²) in [6, 6.07) is 10.4. The Bertz CT molecular complexity index is 1480. The number of carboxylic acid groups (broad SMARTS) is 1. The van der Waals surface area contributed by atoms with Crippen LogP contribution in [0.25, 0.3) is 17.2 Å². The summed E-state index contributed by atoms with van der Waals surface area (Å²) in [4.78, 5) is 74.5. The highest BCUT2D eigenvalue weighted by molar-refractivity contribution is 5.97. The van der Waals surface area contributed by atoms with Gasteiger partial charge < -0.3 is 25.0 Å². The minimum Gasteiger partial charge on any atom is -0.481 e. The third-order valence-electron chi connectivity index (χ3n) is 6.42. The molecule has 0 saturated carbocycles. The van der Waals surface area contributed by atoms with Crippen molar-refractivity contribution in [3.63, 3.8) is 0 Å². The average Bonchev–Trinajstić information content (AvgIpc) is 3.32. The zero-order valence-corrected chi connectivity index (χ0v) is 22.7. The zero-order chi connectivity index (χ0) is 29.5. The van der Waals surface area contributed by atoms with E-state index >= 15 is 0 Å². The lowest BCUT2D eigenvalue weighted by Crippen LogP contribution is -2.56. The normalized spacial score (nSPS) is 13.9. The van der Waals surface area contributed by atoms with E-state index in [4.69, 9.17) is 4.74 Å². The summed E-state index contributed by atoms with van der Waals surface area (Å²) < 4.78 is 6.19. The van der Waals surface area contributed by atoms with Crippen LogP contribution in [0.5, 0.6) is 0 Å². The predicted molar refractivity (Wildman–Crippen MR) is 145 cm³/mol. The second-order valence-corrected chi connectivity index (χ2v) is 9.38. The third kappa shape index (κ3) is 7.15. The first kappa shape index (κ1) is 29.0. The molecule has 4 rings (SSSR count). The minimum atomic E-state index is -1.17. The van der Waals surface area contributed by atoms with Gasteiger partial charge in [-0.05, 0) is 20.3 Å². The lowest BCUT2D eigenvalue weighted by Gasteiger charge is -2.35. The second kappa shape index (κ2) is 12.9. The number of aliphatic carboxylic acids is 1. The summed E-state index contributed by atoms with van der Waals surface area (Å²) in [7, 11) is 0. The Hall–Kier alpha value is -5.01. The molecule has 14 nitrogen and oxygen atoms in total. The van der Waals surface area contributed by atoms with Crippen molar-refractivity contribution in [3.05, 3.63) is 64.2 Å². The first-order valence-electron chi connectivity index (χ1n) is 13.1. The molecule has 14 heteroatoms. The van der Waals surface area contributed by atoms with Crippen molar-refractivity contribution < 1.29 is 29.0 Å². The summed E-state index contributed by atoms with van der Waals surface area (Å²) in [5, 5.41) is 14.8. The van der Waals surface area contributed by atoms with Gasteiger partial charge in [0, 0.05) is 56.0 Å². The van der Waals surface area contributed by atoms with Gasteiger partial charge in [0.15, 0.2) is 11.6 Å². The molecule has 1 atom stereocenters. The molecule has 3 N–H and O–H groups in total. The number of ether oxygens (including phenoxy) is 1. The van der Waals surface area contributed by atoms with E-state index in [1.807, 2.05) is 6.07 Å². The second-order valence-electron chi connectivity index (χ2n) is 9.38. The lowest BCUT2D eigenvalue weighted by atomic mass is 10.1. The molecule has 3 amide bonds. The standard InChI is InChI=1S/C27H31N7O7/c1-3-41-27(40)33-13-11-32(12-14-33)26(39)19(9-10-23(36)37)29-25(38)20-16-21(34-22(35)15-17(2)31-34)30-24(28-20)18-7-5-4-6-8-18/h4-8,15-16,19,31H,3,9-14H2,1-2H3,(H,29,38)(H,36,37)/t19-/m0/s1. The number of carbonyl (C=O) groups excluding carboxylic acids is 3. The van der Waals surface area contributed by atoms with Gasteiger partial charge in [-0.2, -0.15) is 0 Å². The van der Waals surface area contributed by atoms with Crippen molar-refractivity contribution in [1.82, 2.24) is 34.9 Å². The number of hydrogen-bond acceptors (Lipinski definition) is 8. The molecule has 216 valence electrons. The molecule has 41 heavy (non-hydrogen) atoms. The van der Waals surface area contributed by atoms with Crippen molar-refractivity contribution in [2.24, 2.45) is 0 Å². The Balaban J connectivity index is 1.60. The largest absolute Gasteiger partial charge is 0.481 e. The van der Waals surface area contributed by atoms with Gasteiger partial charge in [-0.3, -0.25) is 24.3 Å². The first-order valence-corrected chi connectivity index (χ1v) is 13.1. The maximum absolute atomic E-state index is 13.5. The van der Waals surface area contributed by atoms with Crippen LogP contribution in [0.4, 0.5) is 4.79 Å². The van der Waals surface area contributed by atoms with Crippen LogP contribution < -0.4 is 10.9 Å². The number of H-pyrrole nitrogens is 1. The third-order valence-corrected chi connectivity index (χ3v) is 6.42. The molecule has 0 bridgehead atoms. The summed E-state index contributed by atoms with van der Waals surface area (Å²) in [6.45, 7) is 4.51. The number of piperazine rings is 1. The van der Waals surface area contributed by atoms with Crippen LogP contribution in [0.1, 0.15) is 35.9 Å². The van der Waals surface area contributed by atoms with E-state index in [0.29, 0.717) is 11.3 Å². The number of hydrogen-bond donors (Lipinski definition) is 3. The number of carbonyl (C=O) groups is 4. The molecule has 1 aliphatic heterocycles. The summed E-state index contributed by atoms with van der Waals surface area (Å²) in [6.07, 6.45) is -0.988. The molecule has 1 aliphatic rings. The Morgan fingerprint density at radius 2 is 1.73 bits per heavy atom. The Morgan fingerprint density at radius 1 is 1.05 bits per heavy atom. The summed E-state index contributed by atoms with van der Waals surface area (Å²) >= 11 is 0. The smallest absolute Gasteiger partial charge is 0.409 e. The van der Waals surface area contributed by atoms with Crippen LogP contribution in [0.3, 0.4) is 0 Å². The number of aryl methyl sites for hydroxylation is 1. The van der Waals surface area contributed by atoms with Crippen LogP contribution in [0.2, 0.25) is 0 Å². The van der Waals surface area contributed by atoms with Crippen molar-refractivity contribution >= 4 is 23.9 Å². The van der Waals surface area contributed by atoms with Crippen LogP contribution in [0, 0.1) is 6.92 Å². The fraction of sp³-hybridized carbons (Fsp3) is 0.370. The van der Waals surface area contributed by atoms with Crippen LogP contribution in [-0.4, -0.2) is 97.4 Å². The van der Waals surface area contributed by atoms with Gasteiger partial charge in [-0.25, -0.2) is 19.4 Å². The first-order chi connectivity index (χ1) is 19.7. The Labute approximate surface area is 234 Å². The van der Waals surface area contributed by atoms with E-state index in [1.165, 1.54) is 26.6 Å². The number of aromatic nitrogens is 4. The average molecular weight is 566 g/mol. The summed E-state index contributed by atoms with van der Waals surface area (Å²) in [5.74, 6) is -2.05. The monoisotopic (exact) mass is 565 g/mol. The maximum Gasteiger partial charge on any atom is 0.409 e. The molecule has 2 aromatic heterocycles. The molecule has 1 saturated heterocycles. The molecule has 1 fully saturated rings. The van der Waals surface area contributed by atoms with E-state index < -0.39 is 29.9 Å². The minimum absolute atomic E-state index is 0.116. The molecule has 3 aromatic rings.